The molecule has 3 saturated heterocycles. The molecule has 1 N–H and O–H groups in total. The van der Waals surface area contributed by atoms with Crippen LogP contribution in [0.25, 0.3) is 0 Å². The van der Waals surface area contributed by atoms with Gasteiger partial charge in [0.25, 0.3) is 0 Å². The molecule has 2 unspecified atom stereocenters. The van der Waals surface area contributed by atoms with Gasteiger partial charge in [-0.2, -0.15) is 0 Å². The Bertz CT molecular complexity index is 175. The summed E-state index contributed by atoms with van der Waals surface area (Å²) in [5.41, 5.74) is 0.353. The van der Waals surface area contributed by atoms with Gasteiger partial charge in [-0.05, 0) is 40.0 Å². The average molecular weight is 182 g/mol. The van der Waals surface area contributed by atoms with E-state index in [1.54, 1.807) is 0 Å². The third-order valence-corrected chi connectivity index (χ3v) is 3.51. The van der Waals surface area contributed by atoms with E-state index in [2.05, 4.69) is 31.0 Å². The molecule has 0 aromatic rings. The molecule has 2 heteroatoms. The molecule has 3 heterocycles. The number of piperidine rings is 1. The highest BCUT2D eigenvalue weighted by Crippen LogP contribution is 2.27. The van der Waals surface area contributed by atoms with Gasteiger partial charge in [0.2, 0.25) is 0 Å². The Kier molecular flexibility index (Phi) is 2.37. The second kappa shape index (κ2) is 3.25. The van der Waals surface area contributed by atoms with Crippen LogP contribution < -0.4 is 5.32 Å². The molecule has 3 rings (SSSR count). The molecule has 3 aliphatic heterocycles. The molecule has 0 aliphatic carbocycles. The Balaban J connectivity index is 2.11. The third kappa shape index (κ3) is 1.89. The summed E-state index contributed by atoms with van der Waals surface area (Å²) in [6.45, 7) is 9.51. The maximum absolute atomic E-state index is 3.64. The Morgan fingerprint density at radius 3 is 2.46 bits per heavy atom. The van der Waals surface area contributed by atoms with E-state index in [1.807, 2.05) is 0 Å². The van der Waals surface area contributed by atoms with Gasteiger partial charge in [-0.15, -0.1) is 0 Å². The van der Waals surface area contributed by atoms with E-state index in [-0.39, 0.29) is 0 Å². The van der Waals surface area contributed by atoms with E-state index in [0.717, 1.165) is 12.1 Å². The SMILES string of the molecule is CC(C)(C)N1CCC2CCC1CN2. The fraction of sp³-hybridized carbons (Fsp3) is 1.00. The van der Waals surface area contributed by atoms with Crippen LogP contribution in [0.5, 0.6) is 0 Å². The molecule has 2 atom stereocenters. The largest absolute Gasteiger partial charge is 0.312 e. The summed E-state index contributed by atoms with van der Waals surface area (Å²) in [4.78, 5) is 2.69. The number of nitrogens with one attached hydrogen (secondary N) is 1. The van der Waals surface area contributed by atoms with Gasteiger partial charge in [0.1, 0.15) is 0 Å². The van der Waals surface area contributed by atoms with Crippen molar-refractivity contribution in [2.24, 2.45) is 0 Å². The minimum absolute atomic E-state index is 0.353. The first-order chi connectivity index (χ1) is 6.07. The van der Waals surface area contributed by atoms with Gasteiger partial charge in [-0.25, -0.2) is 0 Å². The number of hydrogen-bond donors (Lipinski definition) is 1. The molecule has 0 spiro atoms. The number of fused-ring (bicyclic) bond motifs is 4. The van der Waals surface area contributed by atoms with Crippen molar-refractivity contribution in [3.05, 3.63) is 0 Å². The maximum atomic E-state index is 3.64. The maximum Gasteiger partial charge on any atom is 0.0226 e. The van der Waals surface area contributed by atoms with Crippen molar-refractivity contribution in [1.29, 1.82) is 0 Å². The molecule has 76 valence electrons. The van der Waals surface area contributed by atoms with Crippen LogP contribution >= 0.6 is 0 Å². The number of hydrogen-bond acceptors (Lipinski definition) is 2. The first-order valence-corrected chi connectivity index (χ1v) is 5.57. The van der Waals surface area contributed by atoms with Gasteiger partial charge in [0, 0.05) is 30.7 Å². The van der Waals surface area contributed by atoms with Crippen molar-refractivity contribution in [2.45, 2.75) is 57.7 Å². The van der Waals surface area contributed by atoms with E-state index >= 15 is 0 Å². The Morgan fingerprint density at radius 2 is 1.92 bits per heavy atom. The summed E-state index contributed by atoms with van der Waals surface area (Å²) in [5.74, 6) is 0. The lowest BCUT2D eigenvalue weighted by molar-refractivity contribution is 0.0874. The quantitative estimate of drug-likeness (QED) is 0.612. The lowest BCUT2D eigenvalue weighted by Gasteiger charge is -2.40. The summed E-state index contributed by atoms with van der Waals surface area (Å²) in [6.07, 6.45) is 4.12. The van der Waals surface area contributed by atoms with Crippen LogP contribution in [-0.4, -0.2) is 35.6 Å². The summed E-state index contributed by atoms with van der Waals surface area (Å²) in [7, 11) is 0. The lowest BCUT2D eigenvalue weighted by Crippen LogP contribution is -2.51. The molecule has 0 aromatic carbocycles. The molecular weight excluding hydrogens is 160 g/mol. The fourth-order valence-corrected chi connectivity index (χ4v) is 2.77. The summed E-state index contributed by atoms with van der Waals surface area (Å²) in [5, 5.41) is 3.64. The topological polar surface area (TPSA) is 15.3 Å². The predicted octanol–water partition coefficient (Wildman–Crippen LogP) is 1.61. The first-order valence-electron chi connectivity index (χ1n) is 5.57. The molecule has 0 amide bonds. The number of nitrogens with zero attached hydrogens (tertiary/aromatic N) is 1. The monoisotopic (exact) mass is 182 g/mol. The van der Waals surface area contributed by atoms with Gasteiger partial charge in [0.15, 0.2) is 0 Å². The van der Waals surface area contributed by atoms with Gasteiger partial charge in [0.05, 0.1) is 0 Å². The van der Waals surface area contributed by atoms with Crippen molar-refractivity contribution in [3.8, 4) is 0 Å². The van der Waals surface area contributed by atoms with Crippen molar-refractivity contribution in [3.63, 3.8) is 0 Å². The predicted molar refractivity (Wildman–Crippen MR) is 55.9 cm³/mol. The van der Waals surface area contributed by atoms with Gasteiger partial charge in [-0.3, -0.25) is 4.90 Å². The van der Waals surface area contributed by atoms with E-state index in [9.17, 15) is 0 Å². The zero-order valence-corrected chi connectivity index (χ0v) is 9.14. The van der Waals surface area contributed by atoms with Gasteiger partial charge in [-0.1, -0.05) is 0 Å². The molecular formula is C11H22N2. The standard InChI is InChI=1S/C11H22N2/c1-11(2,3)13-7-6-9-4-5-10(13)8-12-9/h9-10,12H,4-8H2,1-3H3. The van der Waals surface area contributed by atoms with Crippen molar-refractivity contribution < 1.29 is 0 Å². The average Bonchev–Trinajstić information content (AvgIpc) is 2.34. The fourth-order valence-electron chi connectivity index (χ4n) is 2.77. The smallest absolute Gasteiger partial charge is 0.0226 e. The second-order valence-corrected chi connectivity index (χ2v) is 5.49. The summed E-state index contributed by atoms with van der Waals surface area (Å²) in [6, 6.07) is 1.60. The Hall–Kier alpha value is -0.0800. The molecule has 2 bridgehead atoms. The molecule has 2 nitrogen and oxygen atoms in total. The van der Waals surface area contributed by atoms with Crippen molar-refractivity contribution in [1.82, 2.24) is 10.2 Å². The van der Waals surface area contributed by atoms with E-state index in [4.69, 9.17) is 0 Å². The molecule has 13 heavy (non-hydrogen) atoms. The highest BCUT2D eigenvalue weighted by atomic mass is 15.2. The summed E-state index contributed by atoms with van der Waals surface area (Å²) >= 11 is 0. The van der Waals surface area contributed by atoms with Crippen molar-refractivity contribution >= 4 is 0 Å². The van der Waals surface area contributed by atoms with Crippen molar-refractivity contribution in [2.75, 3.05) is 13.1 Å². The summed E-state index contributed by atoms with van der Waals surface area (Å²) < 4.78 is 0. The van der Waals surface area contributed by atoms with Crippen LogP contribution in [0.15, 0.2) is 0 Å². The first kappa shape index (κ1) is 9.47. The molecule has 0 saturated carbocycles. The third-order valence-electron chi connectivity index (χ3n) is 3.51. The normalized spacial score (nSPS) is 36.2. The van der Waals surface area contributed by atoms with E-state index in [0.29, 0.717) is 5.54 Å². The van der Waals surface area contributed by atoms with Gasteiger partial charge >= 0.3 is 0 Å². The van der Waals surface area contributed by atoms with E-state index < -0.39 is 0 Å². The zero-order chi connectivity index (χ0) is 9.47. The van der Waals surface area contributed by atoms with Crippen LogP contribution in [0.3, 0.4) is 0 Å². The molecule has 0 radical (unpaired) electrons. The van der Waals surface area contributed by atoms with Crippen LogP contribution in [0.4, 0.5) is 0 Å². The highest BCUT2D eigenvalue weighted by Gasteiger charge is 2.35. The van der Waals surface area contributed by atoms with E-state index in [1.165, 1.54) is 32.4 Å². The second-order valence-electron chi connectivity index (χ2n) is 5.49. The van der Waals surface area contributed by atoms with Crippen LogP contribution in [0.2, 0.25) is 0 Å². The zero-order valence-electron chi connectivity index (χ0n) is 9.14. The Morgan fingerprint density at radius 1 is 1.15 bits per heavy atom. The Labute approximate surface area is 81.7 Å². The molecule has 0 aromatic heterocycles. The highest BCUT2D eigenvalue weighted by molar-refractivity contribution is 4.93. The minimum Gasteiger partial charge on any atom is -0.312 e. The van der Waals surface area contributed by atoms with Crippen LogP contribution in [0, 0.1) is 0 Å². The minimum atomic E-state index is 0.353. The van der Waals surface area contributed by atoms with Crippen LogP contribution in [0.1, 0.15) is 40.0 Å². The van der Waals surface area contributed by atoms with Crippen LogP contribution in [-0.2, 0) is 0 Å². The lowest BCUT2D eigenvalue weighted by atomic mass is 9.98. The molecule has 3 fully saturated rings. The van der Waals surface area contributed by atoms with Gasteiger partial charge < -0.3 is 5.32 Å². The molecule has 3 aliphatic rings. The number of rotatable bonds is 0.